The molecule has 2 amide bonds. The van der Waals surface area contributed by atoms with Gasteiger partial charge in [-0.05, 0) is 42.8 Å². The van der Waals surface area contributed by atoms with E-state index in [1.54, 1.807) is 23.2 Å². The monoisotopic (exact) mass is 473 g/mol. The Morgan fingerprint density at radius 3 is 2.37 bits per heavy atom. The maximum Gasteiger partial charge on any atom is 0.328 e. The predicted molar refractivity (Wildman–Crippen MR) is 123 cm³/mol. The fourth-order valence-electron chi connectivity index (χ4n) is 3.71. The number of imidazole rings is 1. The first-order valence-corrected chi connectivity index (χ1v) is 10.5. The summed E-state index contributed by atoms with van der Waals surface area (Å²) in [6.07, 6.45) is 0. The van der Waals surface area contributed by atoms with Gasteiger partial charge in [-0.1, -0.05) is 15.9 Å². The number of aryl methyl sites for hydroxylation is 3. The fourth-order valence-corrected chi connectivity index (χ4v) is 3.95. The SMILES string of the molecule is Cc1cc(NC(=O)Nc2cc3c(cc2N2CCOCC2)n(C)c(=O)n3C)ccc1Br. The van der Waals surface area contributed by atoms with Crippen LogP contribution in [-0.4, -0.2) is 41.5 Å². The Hall–Kier alpha value is -2.78. The molecule has 0 unspecified atom stereocenters. The smallest absolute Gasteiger partial charge is 0.328 e. The van der Waals surface area contributed by atoms with Gasteiger partial charge in [0.1, 0.15) is 0 Å². The van der Waals surface area contributed by atoms with E-state index < -0.39 is 0 Å². The number of carbonyl (C=O) groups is 1. The molecule has 1 saturated heterocycles. The number of hydrogen-bond acceptors (Lipinski definition) is 4. The number of ether oxygens (including phenoxy) is 1. The minimum atomic E-state index is -0.341. The molecule has 2 aromatic carbocycles. The Kier molecular flexibility index (Phi) is 5.57. The first kappa shape index (κ1) is 20.5. The zero-order chi connectivity index (χ0) is 21.4. The lowest BCUT2D eigenvalue weighted by Gasteiger charge is -2.30. The molecule has 0 radical (unpaired) electrons. The van der Waals surface area contributed by atoms with Gasteiger partial charge in [0.2, 0.25) is 0 Å². The van der Waals surface area contributed by atoms with Crippen LogP contribution in [0.5, 0.6) is 0 Å². The van der Waals surface area contributed by atoms with E-state index in [-0.39, 0.29) is 11.7 Å². The van der Waals surface area contributed by atoms with Crippen molar-refractivity contribution in [2.45, 2.75) is 6.92 Å². The molecule has 0 bridgehead atoms. The third-order valence-corrected chi connectivity index (χ3v) is 6.29. The van der Waals surface area contributed by atoms with Crippen LogP contribution in [0.1, 0.15) is 5.56 Å². The number of aromatic nitrogens is 2. The third kappa shape index (κ3) is 3.82. The first-order chi connectivity index (χ1) is 14.3. The topological polar surface area (TPSA) is 80.5 Å². The van der Waals surface area contributed by atoms with E-state index in [9.17, 15) is 9.59 Å². The van der Waals surface area contributed by atoms with Crippen LogP contribution < -0.4 is 21.2 Å². The maximum absolute atomic E-state index is 12.8. The number of nitrogens with one attached hydrogen (secondary N) is 2. The lowest BCUT2D eigenvalue weighted by Crippen LogP contribution is -2.37. The van der Waals surface area contributed by atoms with Gasteiger partial charge >= 0.3 is 11.7 Å². The van der Waals surface area contributed by atoms with E-state index in [1.807, 2.05) is 37.3 Å². The standard InChI is InChI=1S/C21H24BrN5O3/c1-13-10-14(4-5-15(13)22)23-20(28)24-16-11-18-19(26(3)21(29)25(18)2)12-17(16)27-6-8-30-9-7-27/h4-5,10-12H,6-9H2,1-3H3,(H2,23,24,28). The van der Waals surface area contributed by atoms with E-state index in [0.717, 1.165) is 26.8 Å². The summed E-state index contributed by atoms with van der Waals surface area (Å²) in [5, 5.41) is 5.85. The number of fused-ring (bicyclic) bond motifs is 1. The average molecular weight is 474 g/mol. The molecule has 4 rings (SSSR count). The molecular weight excluding hydrogens is 450 g/mol. The van der Waals surface area contributed by atoms with Crippen molar-refractivity contribution in [3.05, 3.63) is 50.9 Å². The molecule has 0 spiro atoms. The summed E-state index contributed by atoms with van der Waals surface area (Å²) in [5.74, 6) is 0. The Morgan fingerprint density at radius 2 is 1.70 bits per heavy atom. The van der Waals surface area contributed by atoms with Crippen molar-refractivity contribution < 1.29 is 9.53 Å². The molecule has 0 aliphatic carbocycles. The Bertz CT molecular complexity index is 1180. The number of anilines is 3. The van der Waals surface area contributed by atoms with Crippen LogP contribution in [0.3, 0.4) is 0 Å². The van der Waals surface area contributed by atoms with E-state index in [4.69, 9.17) is 4.74 Å². The number of urea groups is 1. The van der Waals surface area contributed by atoms with Crippen molar-refractivity contribution in [1.29, 1.82) is 0 Å². The maximum atomic E-state index is 12.8. The van der Waals surface area contributed by atoms with Crippen LogP contribution in [0, 0.1) is 6.92 Å². The van der Waals surface area contributed by atoms with E-state index in [0.29, 0.717) is 37.7 Å². The molecule has 1 aromatic heterocycles. The third-order valence-electron chi connectivity index (χ3n) is 5.41. The largest absolute Gasteiger partial charge is 0.378 e. The molecule has 158 valence electrons. The highest BCUT2D eigenvalue weighted by molar-refractivity contribution is 9.10. The minimum Gasteiger partial charge on any atom is -0.378 e. The number of carbonyl (C=O) groups excluding carboxylic acids is 1. The number of nitrogens with zero attached hydrogens (tertiary/aromatic N) is 3. The van der Waals surface area contributed by atoms with Gasteiger partial charge in [-0.3, -0.25) is 9.13 Å². The van der Waals surface area contributed by atoms with Crippen LogP contribution in [0.4, 0.5) is 21.9 Å². The number of amides is 2. The number of morpholine rings is 1. The summed E-state index contributed by atoms with van der Waals surface area (Å²) >= 11 is 3.47. The van der Waals surface area contributed by atoms with Crippen molar-refractivity contribution in [1.82, 2.24) is 9.13 Å². The molecule has 2 N–H and O–H groups in total. The highest BCUT2D eigenvalue weighted by atomic mass is 79.9. The van der Waals surface area contributed by atoms with Gasteiger partial charge in [0.05, 0.1) is 35.6 Å². The van der Waals surface area contributed by atoms with Gasteiger partial charge < -0.3 is 20.3 Å². The predicted octanol–water partition coefficient (Wildman–Crippen LogP) is 3.43. The summed E-state index contributed by atoms with van der Waals surface area (Å²) in [4.78, 5) is 27.3. The molecule has 3 aromatic rings. The van der Waals surface area contributed by atoms with E-state index in [2.05, 4.69) is 31.5 Å². The fraction of sp³-hybridized carbons (Fsp3) is 0.333. The normalized spacial score (nSPS) is 14.2. The van der Waals surface area contributed by atoms with Crippen molar-refractivity contribution in [3.8, 4) is 0 Å². The summed E-state index contributed by atoms with van der Waals surface area (Å²) in [7, 11) is 3.48. The Morgan fingerprint density at radius 1 is 1.03 bits per heavy atom. The van der Waals surface area contributed by atoms with E-state index in [1.165, 1.54) is 0 Å². The van der Waals surface area contributed by atoms with Crippen molar-refractivity contribution in [2.75, 3.05) is 41.8 Å². The second kappa shape index (κ2) is 8.16. The number of hydrogen-bond donors (Lipinski definition) is 2. The highest BCUT2D eigenvalue weighted by Gasteiger charge is 2.20. The van der Waals surface area contributed by atoms with Crippen molar-refractivity contribution in [3.63, 3.8) is 0 Å². The molecule has 0 saturated carbocycles. The Labute approximate surface area is 182 Å². The van der Waals surface area contributed by atoms with Gasteiger partial charge in [0, 0.05) is 37.3 Å². The van der Waals surface area contributed by atoms with Crippen LogP contribution in [0.15, 0.2) is 39.6 Å². The molecule has 9 heteroatoms. The molecule has 1 aliphatic heterocycles. The molecule has 2 heterocycles. The summed E-state index contributed by atoms with van der Waals surface area (Å²) in [5.41, 5.74) is 4.72. The number of benzene rings is 2. The van der Waals surface area contributed by atoms with Gasteiger partial charge in [0.15, 0.2) is 0 Å². The van der Waals surface area contributed by atoms with Crippen molar-refractivity contribution in [2.24, 2.45) is 14.1 Å². The second-order valence-corrected chi connectivity index (χ2v) is 8.26. The summed E-state index contributed by atoms with van der Waals surface area (Å²) in [6, 6.07) is 9.11. The quantitative estimate of drug-likeness (QED) is 0.610. The van der Waals surface area contributed by atoms with Gasteiger partial charge in [-0.15, -0.1) is 0 Å². The van der Waals surface area contributed by atoms with Gasteiger partial charge in [-0.25, -0.2) is 9.59 Å². The second-order valence-electron chi connectivity index (χ2n) is 7.40. The minimum absolute atomic E-state index is 0.107. The molecule has 30 heavy (non-hydrogen) atoms. The lowest BCUT2D eigenvalue weighted by molar-refractivity contribution is 0.123. The molecular formula is C21H24BrN5O3. The first-order valence-electron chi connectivity index (χ1n) is 9.71. The number of rotatable bonds is 3. The average Bonchev–Trinajstić information content (AvgIpc) is 2.94. The van der Waals surface area contributed by atoms with Gasteiger partial charge in [0.25, 0.3) is 0 Å². The molecule has 0 atom stereocenters. The summed E-state index contributed by atoms with van der Waals surface area (Å²) in [6.45, 7) is 4.64. The van der Waals surface area contributed by atoms with E-state index >= 15 is 0 Å². The van der Waals surface area contributed by atoms with Crippen LogP contribution in [0.25, 0.3) is 11.0 Å². The zero-order valence-corrected chi connectivity index (χ0v) is 18.7. The van der Waals surface area contributed by atoms with Gasteiger partial charge in [-0.2, -0.15) is 0 Å². The highest BCUT2D eigenvalue weighted by Crippen LogP contribution is 2.32. The zero-order valence-electron chi connectivity index (χ0n) is 17.2. The van der Waals surface area contributed by atoms with Crippen molar-refractivity contribution >= 4 is 50.1 Å². The van der Waals surface area contributed by atoms with Crippen LogP contribution in [0.2, 0.25) is 0 Å². The van der Waals surface area contributed by atoms with Crippen LogP contribution >= 0.6 is 15.9 Å². The molecule has 1 aliphatic rings. The molecule has 8 nitrogen and oxygen atoms in total. The lowest BCUT2D eigenvalue weighted by atomic mass is 10.2. The molecule has 1 fully saturated rings. The van der Waals surface area contributed by atoms with Crippen LogP contribution in [-0.2, 0) is 18.8 Å². The number of halogens is 1. The summed E-state index contributed by atoms with van der Waals surface area (Å²) < 4.78 is 9.66. The Balaban J connectivity index is 1.70.